The van der Waals surface area contributed by atoms with Crippen LogP contribution in [-0.2, 0) is 11.3 Å². The summed E-state index contributed by atoms with van der Waals surface area (Å²) in [6.45, 7) is 4.76. The van der Waals surface area contributed by atoms with E-state index in [1.807, 2.05) is 29.2 Å². The molecule has 4 rings (SSSR count). The number of methoxy groups -OCH3 is 1. The molecule has 3 amide bonds. The van der Waals surface area contributed by atoms with Gasteiger partial charge in [-0.05, 0) is 24.3 Å². The highest BCUT2D eigenvalue weighted by molar-refractivity contribution is 5.94. The van der Waals surface area contributed by atoms with Gasteiger partial charge in [0.15, 0.2) is 0 Å². The smallest absolute Gasteiger partial charge is 0.324 e. The molecule has 10 heteroatoms. The molecule has 1 aromatic carbocycles. The van der Waals surface area contributed by atoms with Gasteiger partial charge in [-0.25, -0.2) is 10.6 Å². The van der Waals surface area contributed by atoms with E-state index in [2.05, 4.69) is 15.3 Å². The van der Waals surface area contributed by atoms with E-state index < -0.39 is 5.91 Å². The van der Waals surface area contributed by atoms with Gasteiger partial charge in [0.1, 0.15) is 5.75 Å². The molecule has 2 aliphatic rings. The Morgan fingerprint density at radius 3 is 2.59 bits per heavy atom. The number of carbonyl (C=O) groups excluding carboxylic acids is 2. The molecule has 3 heterocycles. The van der Waals surface area contributed by atoms with Crippen molar-refractivity contribution in [2.45, 2.75) is 12.6 Å². The number of aromatic nitrogens is 1. The number of rotatable bonds is 6. The summed E-state index contributed by atoms with van der Waals surface area (Å²) in [5, 5.41) is 0. The quantitative estimate of drug-likeness (QED) is 0.389. The van der Waals surface area contributed by atoms with Crippen LogP contribution in [0.25, 0.3) is 0 Å². The fraction of sp³-hybridized carbons (Fsp3) is 0.409. The van der Waals surface area contributed by atoms with E-state index in [1.54, 1.807) is 24.1 Å². The first-order chi connectivity index (χ1) is 15.6. The van der Waals surface area contributed by atoms with E-state index in [4.69, 9.17) is 15.3 Å². The molecule has 0 unspecified atom stereocenters. The Hall–Kier alpha value is -3.21. The molecule has 1 aromatic heterocycles. The zero-order valence-electron chi connectivity index (χ0n) is 18.1. The summed E-state index contributed by atoms with van der Waals surface area (Å²) in [5.74, 6) is 5.43. The second-order valence-corrected chi connectivity index (χ2v) is 7.80. The molecule has 10 nitrogen and oxygen atoms in total. The first-order valence-corrected chi connectivity index (χ1v) is 10.6. The van der Waals surface area contributed by atoms with Gasteiger partial charge >= 0.3 is 6.03 Å². The minimum Gasteiger partial charge on any atom is -0.497 e. The van der Waals surface area contributed by atoms with Crippen LogP contribution in [-0.4, -0.2) is 79.3 Å². The van der Waals surface area contributed by atoms with Gasteiger partial charge in [-0.2, -0.15) is 0 Å². The molecule has 0 radical (unpaired) electrons. The van der Waals surface area contributed by atoms with Crippen LogP contribution in [0, 0.1) is 0 Å². The number of benzene rings is 1. The van der Waals surface area contributed by atoms with Crippen LogP contribution in [0.4, 0.5) is 10.5 Å². The van der Waals surface area contributed by atoms with Crippen LogP contribution in [0.3, 0.4) is 0 Å². The molecule has 3 N–H and O–H groups in total. The lowest BCUT2D eigenvalue weighted by Gasteiger charge is -2.43. The summed E-state index contributed by atoms with van der Waals surface area (Å²) in [5.41, 5.74) is 3.81. The number of nitrogens with one attached hydrogen (secondary N) is 1. The van der Waals surface area contributed by atoms with Gasteiger partial charge in [0.25, 0.3) is 5.91 Å². The topological polar surface area (TPSA) is 113 Å². The lowest BCUT2D eigenvalue weighted by atomic mass is 10.2. The second kappa shape index (κ2) is 9.94. The van der Waals surface area contributed by atoms with Gasteiger partial charge in [-0.15, -0.1) is 0 Å². The third-order valence-electron chi connectivity index (χ3n) is 5.86. The molecule has 0 spiro atoms. The van der Waals surface area contributed by atoms with Crippen molar-refractivity contribution in [1.82, 2.24) is 20.2 Å². The standard InChI is InChI=1S/C22H28N6O4/c1-31-20-4-2-3-18(11-20)28(13-17-6-5-16(12-24-17)21(29)25-23)22(30)27-9-7-26(8-10-27)19-14-32-15-19/h2-6,11-12,19H,7-10,13-15,23H2,1H3,(H,25,29). The van der Waals surface area contributed by atoms with Crippen LogP contribution in [0.5, 0.6) is 5.75 Å². The molecule has 2 saturated heterocycles. The lowest BCUT2D eigenvalue weighted by molar-refractivity contribution is -0.0738. The number of piperazine rings is 1. The number of amides is 3. The fourth-order valence-electron chi connectivity index (χ4n) is 3.83. The maximum atomic E-state index is 13.5. The second-order valence-electron chi connectivity index (χ2n) is 7.80. The summed E-state index contributed by atoms with van der Waals surface area (Å²) in [6.07, 6.45) is 1.45. The predicted octanol–water partition coefficient (Wildman–Crippen LogP) is 0.837. The van der Waals surface area contributed by atoms with E-state index in [0.29, 0.717) is 36.1 Å². The first kappa shape index (κ1) is 22.0. The summed E-state index contributed by atoms with van der Waals surface area (Å²) in [7, 11) is 1.59. The van der Waals surface area contributed by atoms with Crippen molar-refractivity contribution in [3.05, 3.63) is 53.9 Å². The Morgan fingerprint density at radius 1 is 1.22 bits per heavy atom. The Morgan fingerprint density at radius 2 is 2.00 bits per heavy atom. The normalized spacial score (nSPS) is 16.9. The highest BCUT2D eigenvalue weighted by Gasteiger charge is 2.32. The molecule has 0 saturated carbocycles. The predicted molar refractivity (Wildman–Crippen MR) is 118 cm³/mol. The van der Waals surface area contributed by atoms with E-state index in [0.717, 1.165) is 32.0 Å². The molecule has 0 atom stereocenters. The SMILES string of the molecule is COc1cccc(N(Cc2ccc(C(=O)NN)cn2)C(=O)N2CCN(C3COC3)CC2)c1. The van der Waals surface area contributed by atoms with Gasteiger partial charge in [-0.3, -0.25) is 25.0 Å². The van der Waals surface area contributed by atoms with Crippen molar-refractivity contribution >= 4 is 17.6 Å². The number of pyridine rings is 1. The minimum atomic E-state index is -0.417. The summed E-state index contributed by atoms with van der Waals surface area (Å²) < 4.78 is 10.6. The summed E-state index contributed by atoms with van der Waals surface area (Å²) in [6, 6.07) is 11.1. The monoisotopic (exact) mass is 440 g/mol. The van der Waals surface area contributed by atoms with E-state index in [-0.39, 0.29) is 12.6 Å². The van der Waals surface area contributed by atoms with Crippen molar-refractivity contribution in [1.29, 1.82) is 0 Å². The van der Waals surface area contributed by atoms with Gasteiger partial charge in [-0.1, -0.05) is 6.07 Å². The molecule has 2 aliphatic heterocycles. The van der Waals surface area contributed by atoms with Crippen LogP contribution < -0.4 is 20.9 Å². The summed E-state index contributed by atoms with van der Waals surface area (Å²) >= 11 is 0. The number of urea groups is 1. The number of carbonyl (C=O) groups is 2. The largest absolute Gasteiger partial charge is 0.497 e. The number of nitrogens with zero attached hydrogens (tertiary/aromatic N) is 4. The third-order valence-corrected chi connectivity index (χ3v) is 5.86. The number of anilines is 1. The Balaban J connectivity index is 1.52. The Kier molecular flexibility index (Phi) is 6.84. The van der Waals surface area contributed by atoms with Crippen molar-refractivity contribution in [2.24, 2.45) is 5.84 Å². The van der Waals surface area contributed by atoms with Gasteiger partial charge in [0, 0.05) is 44.1 Å². The summed E-state index contributed by atoms with van der Waals surface area (Å²) in [4.78, 5) is 35.5. The highest BCUT2D eigenvalue weighted by Crippen LogP contribution is 2.25. The molecule has 2 aromatic rings. The fourth-order valence-corrected chi connectivity index (χ4v) is 3.83. The lowest BCUT2D eigenvalue weighted by Crippen LogP contribution is -2.59. The average molecular weight is 441 g/mol. The third kappa shape index (κ3) is 4.82. The minimum absolute atomic E-state index is 0.0895. The van der Waals surface area contributed by atoms with Crippen molar-refractivity contribution in [2.75, 3.05) is 51.4 Å². The molecule has 2 fully saturated rings. The zero-order valence-corrected chi connectivity index (χ0v) is 18.1. The van der Waals surface area contributed by atoms with Gasteiger partial charge < -0.3 is 14.4 Å². The van der Waals surface area contributed by atoms with Crippen molar-refractivity contribution in [3.8, 4) is 5.75 Å². The first-order valence-electron chi connectivity index (χ1n) is 10.6. The van der Waals surface area contributed by atoms with Crippen molar-refractivity contribution < 1.29 is 19.1 Å². The van der Waals surface area contributed by atoms with E-state index in [1.165, 1.54) is 6.20 Å². The van der Waals surface area contributed by atoms with Crippen molar-refractivity contribution in [3.63, 3.8) is 0 Å². The molecular weight excluding hydrogens is 412 g/mol. The number of hydrazine groups is 1. The molecule has 170 valence electrons. The number of nitrogens with two attached hydrogens (primary N) is 1. The maximum absolute atomic E-state index is 13.5. The van der Waals surface area contributed by atoms with E-state index >= 15 is 0 Å². The number of hydrogen-bond acceptors (Lipinski definition) is 7. The molecule has 32 heavy (non-hydrogen) atoms. The van der Waals surface area contributed by atoms with Crippen LogP contribution in [0.2, 0.25) is 0 Å². The van der Waals surface area contributed by atoms with Crippen LogP contribution in [0.1, 0.15) is 16.1 Å². The average Bonchev–Trinajstić information content (AvgIpc) is 2.81. The highest BCUT2D eigenvalue weighted by atomic mass is 16.5. The number of nitrogen functional groups attached to an aromatic ring is 1. The molecular formula is C22H28N6O4. The molecule has 0 bridgehead atoms. The Labute approximate surface area is 186 Å². The Bertz CT molecular complexity index is 942. The van der Waals surface area contributed by atoms with E-state index in [9.17, 15) is 9.59 Å². The number of hydrogen-bond donors (Lipinski definition) is 2. The number of ether oxygens (including phenoxy) is 2. The van der Waals surface area contributed by atoms with Gasteiger partial charge in [0.2, 0.25) is 0 Å². The van der Waals surface area contributed by atoms with Crippen LogP contribution >= 0.6 is 0 Å². The molecule has 0 aliphatic carbocycles. The zero-order chi connectivity index (χ0) is 22.5. The maximum Gasteiger partial charge on any atom is 0.324 e. The van der Waals surface area contributed by atoms with Crippen LogP contribution in [0.15, 0.2) is 42.6 Å². The van der Waals surface area contributed by atoms with Gasteiger partial charge in [0.05, 0.1) is 44.2 Å².